The van der Waals surface area contributed by atoms with E-state index < -0.39 is 12.1 Å². The van der Waals surface area contributed by atoms with Crippen LogP contribution in [0.2, 0.25) is 0 Å². The lowest BCUT2D eigenvalue weighted by Gasteiger charge is -2.22. The van der Waals surface area contributed by atoms with E-state index in [4.69, 9.17) is 0 Å². The van der Waals surface area contributed by atoms with Crippen LogP contribution in [-0.2, 0) is 4.79 Å². The van der Waals surface area contributed by atoms with Crippen molar-refractivity contribution in [3.8, 4) is 0 Å². The van der Waals surface area contributed by atoms with Gasteiger partial charge >= 0.3 is 0 Å². The van der Waals surface area contributed by atoms with Crippen LogP contribution in [0.4, 0.5) is 0 Å². The maximum Gasteiger partial charge on any atom is 0.220 e. The molecule has 0 aromatic rings. The van der Waals surface area contributed by atoms with E-state index in [1.807, 2.05) is 0 Å². The number of aliphatic hydroxyl groups is 2. The van der Waals surface area contributed by atoms with E-state index in [2.05, 4.69) is 43.5 Å². The fourth-order valence-corrected chi connectivity index (χ4v) is 10.2. The van der Waals surface area contributed by atoms with E-state index >= 15 is 0 Å². The average Bonchev–Trinajstić information content (AvgIpc) is 3.34. The van der Waals surface area contributed by atoms with E-state index in [1.165, 1.54) is 302 Å². The van der Waals surface area contributed by atoms with E-state index in [1.54, 1.807) is 0 Å². The molecular weight excluding hydrogens is 831 g/mol. The second kappa shape index (κ2) is 60.2. The van der Waals surface area contributed by atoms with Crippen LogP contribution in [0.25, 0.3) is 0 Å². The fraction of sp³-hybridized carbons (Fsp3) is 0.922. The quantitative estimate of drug-likeness (QED) is 0.0420. The van der Waals surface area contributed by atoms with Crippen LogP contribution in [0.15, 0.2) is 24.3 Å². The molecule has 2 atom stereocenters. The lowest BCUT2D eigenvalue weighted by atomic mass is 10.0. The Kier molecular flexibility index (Phi) is 59.2. The van der Waals surface area contributed by atoms with Crippen molar-refractivity contribution in [3.63, 3.8) is 0 Å². The molecule has 3 N–H and O–H groups in total. The molecule has 0 radical (unpaired) electrons. The predicted molar refractivity (Wildman–Crippen MR) is 304 cm³/mol. The van der Waals surface area contributed by atoms with Gasteiger partial charge in [-0.3, -0.25) is 4.79 Å². The molecule has 0 spiro atoms. The molecule has 404 valence electrons. The minimum Gasteiger partial charge on any atom is -0.394 e. The first-order valence-electron chi connectivity index (χ1n) is 31.5. The van der Waals surface area contributed by atoms with Crippen molar-refractivity contribution in [2.24, 2.45) is 0 Å². The number of allylic oxidation sites excluding steroid dienone is 4. The molecule has 68 heavy (non-hydrogen) atoms. The maximum absolute atomic E-state index is 12.5. The molecule has 2 unspecified atom stereocenters. The second-order valence-electron chi connectivity index (χ2n) is 21.8. The van der Waals surface area contributed by atoms with Gasteiger partial charge in [-0.05, 0) is 44.9 Å². The number of rotatable bonds is 59. The molecule has 0 saturated heterocycles. The van der Waals surface area contributed by atoms with Gasteiger partial charge in [-0.1, -0.05) is 334 Å². The van der Waals surface area contributed by atoms with Crippen LogP contribution < -0.4 is 5.32 Å². The van der Waals surface area contributed by atoms with Crippen LogP contribution in [0.1, 0.15) is 361 Å². The lowest BCUT2D eigenvalue weighted by Crippen LogP contribution is -2.45. The Hall–Kier alpha value is -1.13. The topological polar surface area (TPSA) is 69.6 Å². The van der Waals surface area contributed by atoms with E-state index in [0.29, 0.717) is 12.8 Å². The summed E-state index contributed by atoms with van der Waals surface area (Å²) < 4.78 is 0. The van der Waals surface area contributed by atoms with E-state index in [9.17, 15) is 15.0 Å². The Balaban J connectivity index is 3.41. The van der Waals surface area contributed by atoms with Gasteiger partial charge in [0.15, 0.2) is 0 Å². The van der Waals surface area contributed by atoms with E-state index in [-0.39, 0.29) is 12.5 Å². The monoisotopic (exact) mass is 956 g/mol. The first-order chi connectivity index (χ1) is 33.7. The minimum absolute atomic E-state index is 0.0247. The normalized spacial score (nSPS) is 12.8. The zero-order valence-electron chi connectivity index (χ0n) is 46.7. The van der Waals surface area contributed by atoms with Crippen molar-refractivity contribution in [3.05, 3.63) is 24.3 Å². The number of unbranched alkanes of at least 4 members (excludes halogenated alkanes) is 48. The standard InChI is InChI=1S/C64H125NO3/c1-3-5-7-9-11-13-15-17-19-21-23-25-27-29-30-31-32-33-34-36-38-40-42-44-46-48-50-52-54-56-58-60-64(68)65-62(61-66)63(67)59-57-55-53-51-49-47-45-43-41-39-37-35-28-26-24-22-20-18-16-14-12-10-8-6-4-2/h23,25,29-30,62-63,66-67H,3-22,24,26-28,31-61H2,1-2H3,(H,65,68)/b25-23-,30-29-. The molecule has 0 aliphatic heterocycles. The third-order valence-corrected chi connectivity index (χ3v) is 15.0. The van der Waals surface area contributed by atoms with Crippen molar-refractivity contribution < 1.29 is 15.0 Å². The van der Waals surface area contributed by atoms with Gasteiger partial charge < -0.3 is 15.5 Å². The highest BCUT2D eigenvalue weighted by atomic mass is 16.3. The third kappa shape index (κ3) is 55.8. The predicted octanol–water partition coefficient (Wildman–Crippen LogP) is 21.0. The van der Waals surface area contributed by atoms with Crippen LogP contribution in [0, 0.1) is 0 Å². The van der Waals surface area contributed by atoms with Crippen LogP contribution in [0.3, 0.4) is 0 Å². The number of carbonyl (C=O) groups excluding carboxylic acids is 1. The first kappa shape index (κ1) is 66.9. The highest BCUT2D eigenvalue weighted by Crippen LogP contribution is 2.18. The zero-order chi connectivity index (χ0) is 49.2. The van der Waals surface area contributed by atoms with Crippen molar-refractivity contribution in [1.29, 1.82) is 0 Å². The second-order valence-corrected chi connectivity index (χ2v) is 21.8. The summed E-state index contributed by atoms with van der Waals surface area (Å²) in [5, 5.41) is 23.4. The van der Waals surface area contributed by atoms with Gasteiger partial charge in [0.25, 0.3) is 0 Å². The van der Waals surface area contributed by atoms with Gasteiger partial charge in [0.1, 0.15) is 0 Å². The molecule has 0 saturated carbocycles. The number of nitrogens with one attached hydrogen (secondary N) is 1. The Morgan fingerprint density at radius 1 is 0.353 bits per heavy atom. The zero-order valence-corrected chi connectivity index (χ0v) is 46.7. The molecule has 1 amide bonds. The molecule has 0 aromatic carbocycles. The van der Waals surface area contributed by atoms with Crippen LogP contribution in [0.5, 0.6) is 0 Å². The summed E-state index contributed by atoms with van der Waals surface area (Å²) >= 11 is 0. The Morgan fingerprint density at radius 2 is 0.603 bits per heavy atom. The highest BCUT2D eigenvalue weighted by molar-refractivity contribution is 5.76. The molecule has 0 bridgehead atoms. The molecule has 0 rings (SSSR count). The summed E-state index contributed by atoms with van der Waals surface area (Å²) in [7, 11) is 0. The Morgan fingerprint density at radius 3 is 0.882 bits per heavy atom. The van der Waals surface area contributed by atoms with Crippen molar-refractivity contribution >= 4 is 5.91 Å². The average molecular weight is 957 g/mol. The largest absolute Gasteiger partial charge is 0.394 e. The van der Waals surface area contributed by atoms with Crippen LogP contribution >= 0.6 is 0 Å². The summed E-state index contributed by atoms with van der Waals surface area (Å²) in [4.78, 5) is 12.5. The summed E-state index contributed by atoms with van der Waals surface area (Å²) in [5.41, 5.74) is 0. The number of hydrogen-bond donors (Lipinski definition) is 3. The molecule has 0 heterocycles. The number of aliphatic hydroxyl groups excluding tert-OH is 2. The molecule has 4 heteroatoms. The van der Waals surface area contributed by atoms with E-state index in [0.717, 1.165) is 32.1 Å². The smallest absolute Gasteiger partial charge is 0.220 e. The molecule has 0 aromatic heterocycles. The number of hydrogen-bond acceptors (Lipinski definition) is 3. The fourth-order valence-electron chi connectivity index (χ4n) is 10.2. The van der Waals surface area contributed by atoms with Crippen molar-refractivity contribution in [2.45, 2.75) is 373 Å². The molecular formula is C64H125NO3. The van der Waals surface area contributed by atoms with Gasteiger partial charge in [-0.15, -0.1) is 0 Å². The summed E-state index contributed by atoms with van der Waals surface area (Å²) in [5.74, 6) is -0.0247. The summed E-state index contributed by atoms with van der Waals surface area (Å²) in [6.45, 7) is 4.40. The summed E-state index contributed by atoms with van der Waals surface area (Å²) in [6.07, 6.45) is 80.5. The van der Waals surface area contributed by atoms with Crippen molar-refractivity contribution in [1.82, 2.24) is 5.32 Å². The third-order valence-electron chi connectivity index (χ3n) is 15.0. The van der Waals surface area contributed by atoms with Crippen molar-refractivity contribution in [2.75, 3.05) is 6.61 Å². The SMILES string of the molecule is CCCCCCCCCCC/C=C\C/C=C\CCCCCCCCCCCCCCCCCC(=O)NC(CO)C(O)CCCCCCCCCCCCCCCCCCCCCCCCCCC. The van der Waals surface area contributed by atoms with Gasteiger partial charge in [0.2, 0.25) is 5.91 Å². The molecule has 0 fully saturated rings. The highest BCUT2D eigenvalue weighted by Gasteiger charge is 2.20. The summed E-state index contributed by atoms with van der Waals surface area (Å²) in [6, 6.07) is -0.536. The minimum atomic E-state index is -0.659. The van der Waals surface area contributed by atoms with Gasteiger partial charge in [-0.25, -0.2) is 0 Å². The van der Waals surface area contributed by atoms with Gasteiger partial charge in [-0.2, -0.15) is 0 Å². The lowest BCUT2D eigenvalue weighted by molar-refractivity contribution is -0.123. The number of carbonyl (C=O) groups is 1. The van der Waals surface area contributed by atoms with Crippen LogP contribution in [-0.4, -0.2) is 34.9 Å². The Labute approximate surface area is 428 Å². The number of amides is 1. The molecule has 0 aliphatic carbocycles. The first-order valence-corrected chi connectivity index (χ1v) is 31.5. The van der Waals surface area contributed by atoms with Gasteiger partial charge in [0, 0.05) is 6.42 Å². The molecule has 0 aliphatic rings. The van der Waals surface area contributed by atoms with Gasteiger partial charge in [0.05, 0.1) is 18.8 Å². The Bertz CT molecular complexity index is 994. The maximum atomic E-state index is 12.5. The molecule has 4 nitrogen and oxygen atoms in total.